The van der Waals surface area contributed by atoms with Gasteiger partial charge in [0.1, 0.15) is 9.84 Å². The average Bonchev–Trinajstić information content (AvgIpc) is 3.31. The number of hydrogen-bond acceptors (Lipinski definition) is 12. The van der Waals surface area contributed by atoms with Crippen LogP contribution in [-0.4, -0.2) is 74.0 Å². The highest BCUT2D eigenvalue weighted by Gasteiger charge is 2.20. The van der Waals surface area contributed by atoms with Crippen molar-refractivity contribution in [2.75, 3.05) is 43.9 Å². The predicted molar refractivity (Wildman–Crippen MR) is 124 cm³/mol. The molecular weight excluding hydrogens is 482 g/mol. The van der Waals surface area contributed by atoms with E-state index < -0.39 is 21.8 Å². The van der Waals surface area contributed by atoms with Gasteiger partial charge in [-0.05, 0) is 12.1 Å². The molecule has 0 saturated carbocycles. The molecular formula is C20H23N7O7S. The van der Waals surface area contributed by atoms with E-state index in [1.165, 1.54) is 27.3 Å². The molecule has 0 fully saturated rings. The number of carbonyl (C=O) groups excluding carboxylic acids is 2. The summed E-state index contributed by atoms with van der Waals surface area (Å²) in [6.45, 7) is 0. The largest absolute Gasteiger partial charge is 0.494 e. The van der Waals surface area contributed by atoms with E-state index in [1.807, 2.05) is 0 Å². The Morgan fingerprint density at radius 2 is 1.91 bits per heavy atom. The van der Waals surface area contributed by atoms with E-state index in [4.69, 9.17) is 9.26 Å². The lowest BCUT2D eigenvalue weighted by atomic mass is 10.1. The number of para-hydroxylation sites is 1. The Hall–Kier alpha value is -4.27. The lowest BCUT2D eigenvalue weighted by Gasteiger charge is -2.15. The maximum atomic E-state index is 12.3. The zero-order chi connectivity index (χ0) is 25.6. The first kappa shape index (κ1) is 25.4. The third-order valence-electron chi connectivity index (χ3n) is 4.54. The fourth-order valence-corrected chi connectivity index (χ4v) is 3.45. The summed E-state index contributed by atoms with van der Waals surface area (Å²) in [6.07, 6.45) is 0.428. The van der Waals surface area contributed by atoms with Crippen molar-refractivity contribution >= 4 is 39.0 Å². The number of aromatic nitrogens is 4. The second-order valence-corrected chi connectivity index (χ2v) is 9.35. The lowest BCUT2D eigenvalue weighted by molar-refractivity contribution is 0.0958. The van der Waals surface area contributed by atoms with Crippen molar-refractivity contribution in [2.24, 2.45) is 0 Å². The predicted octanol–water partition coefficient (Wildman–Crippen LogP) is 1.40. The molecule has 0 aliphatic heterocycles. The van der Waals surface area contributed by atoms with Gasteiger partial charge in [0, 0.05) is 25.8 Å². The summed E-state index contributed by atoms with van der Waals surface area (Å²) in [5.74, 6) is 0.0347. The summed E-state index contributed by atoms with van der Waals surface area (Å²) < 4.78 is 38.1. The highest BCUT2D eigenvalue weighted by atomic mass is 32.2. The van der Waals surface area contributed by atoms with Crippen LogP contribution < -0.4 is 20.7 Å². The summed E-state index contributed by atoms with van der Waals surface area (Å²) in [4.78, 5) is 28.1. The lowest BCUT2D eigenvalue weighted by Crippen LogP contribution is -2.22. The molecule has 0 radical (unpaired) electrons. The van der Waals surface area contributed by atoms with Gasteiger partial charge in [-0.25, -0.2) is 13.2 Å². The van der Waals surface area contributed by atoms with E-state index in [1.54, 1.807) is 18.2 Å². The van der Waals surface area contributed by atoms with Crippen LogP contribution in [0.1, 0.15) is 16.4 Å². The summed E-state index contributed by atoms with van der Waals surface area (Å²) >= 11 is 0. The van der Waals surface area contributed by atoms with E-state index >= 15 is 0 Å². The molecule has 0 aliphatic carbocycles. The number of anilines is 3. The van der Waals surface area contributed by atoms with E-state index in [2.05, 4.69) is 41.0 Å². The highest BCUT2D eigenvalue weighted by Crippen LogP contribution is 2.37. The number of amides is 2. The SMILES string of the molecule is CNC(=O)c1nnc(NC(=O)OC)cc1Nc1cccc(-c2noc(CCS(C)(=O)=O)n2)c1OC. The standard InChI is InChI=1S/C20H23N7O7S/c1-21-19(28)16-13(10-14(25-26-16)23-20(29)33-3)22-12-7-5-6-11(17(12)32-2)18-24-15(34-27-18)8-9-35(4,30)31/h5-7,10H,8-9H2,1-4H3,(H,21,28)(H2,22,23,25,29). The van der Waals surface area contributed by atoms with Crippen molar-refractivity contribution in [3.05, 3.63) is 35.9 Å². The summed E-state index contributed by atoms with van der Waals surface area (Å²) in [6, 6.07) is 6.45. The van der Waals surface area contributed by atoms with Gasteiger partial charge in [0.05, 0.1) is 36.9 Å². The third kappa shape index (κ3) is 6.41. The molecule has 0 saturated heterocycles. The molecule has 1 aromatic carbocycles. The van der Waals surface area contributed by atoms with Crippen molar-refractivity contribution in [2.45, 2.75) is 6.42 Å². The van der Waals surface area contributed by atoms with Gasteiger partial charge in [0.25, 0.3) is 5.91 Å². The van der Waals surface area contributed by atoms with Crippen molar-refractivity contribution in [1.82, 2.24) is 25.7 Å². The molecule has 2 amide bonds. The normalized spacial score (nSPS) is 11.0. The quantitative estimate of drug-likeness (QED) is 0.380. The van der Waals surface area contributed by atoms with Crippen LogP contribution in [0.3, 0.4) is 0 Å². The molecule has 2 heterocycles. The highest BCUT2D eigenvalue weighted by molar-refractivity contribution is 7.90. The second kappa shape index (κ2) is 10.8. The molecule has 35 heavy (non-hydrogen) atoms. The Morgan fingerprint density at radius 1 is 1.14 bits per heavy atom. The monoisotopic (exact) mass is 505 g/mol. The Labute approximate surface area is 200 Å². The molecule has 3 rings (SSSR count). The molecule has 186 valence electrons. The smallest absolute Gasteiger partial charge is 0.412 e. The van der Waals surface area contributed by atoms with Crippen LogP contribution in [0.5, 0.6) is 5.75 Å². The second-order valence-electron chi connectivity index (χ2n) is 7.09. The van der Waals surface area contributed by atoms with Crippen LogP contribution in [0.25, 0.3) is 11.4 Å². The molecule has 3 N–H and O–H groups in total. The van der Waals surface area contributed by atoms with Gasteiger partial charge >= 0.3 is 6.09 Å². The van der Waals surface area contributed by atoms with Crippen molar-refractivity contribution in [3.63, 3.8) is 0 Å². The average molecular weight is 506 g/mol. The topological polar surface area (TPSA) is 188 Å². The van der Waals surface area contributed by atoms with E-state index in [0.29, 0.717) is 17.0 Å². The molecule has 0 unspecified atom stereocenters. The molecule has 3 aromatic rings. The first-order valence-electron chi connectivity index (χ1n) is 10.0. The zero-order valence-electron chi connectivity index (χ0n) is 19.3. The van der Waals surface area contributed by atoms with Gasteiger partial charge in [0.2, 0.25) is 11.7 Å². The molecule has 0 spiro atoms. The zero-order valence-corrected chi connectivity index (χ0v) is 20.1. The number of nitrogens with zero attached hydrogens (tertiary/aromatic N) is 4. The van der Waals surface area contributed by atoms with Crippen LogP contribution in [-0.2, 0) is 21.0 Å². The summed E-state index contributed by atoms with van der Waals surface area (Å²) in [5.41, 5.74) is 1.03. The fraction of sp³-hybridized carbons (Fsp3) is 0.300. The number of hydrogen-bond donors (Lipinski definition) is 3. The first-order valence-corrected chi connectivity index (χ1v) is 12.1. The Bertz CT molecular complexity index is 1340. The maximum Gasteiger partial charge on any atom is 0.412 e. The van der Waals surface area contributed by atoms with Crippen LogP contribution in [0.15, 0.2) is 28.8 Å². The Balaban J connectivity index is 1.98. The van der Waals surface area contributed by atoms with Crippen LogP contribution in [0, 0.1) is 0 Å². The van der Waals surface area contributed by atoms with E-state index in [9.17, 15) is 18.0 Å². The molecule has 14 nitrogen and oxygen atoms in total. The minimum absolute atomic E-state index is 0.0378. The number of ether oxygens (including phenoxy) is 2. The van der Waals surface area contributed by atoms with Crippen LogP contribution in [0.2, 0.25) is 0 Å². The van der Waals surface area contributed by atoms with Gasteiger partial charge in [-0.3, -0.25) is 10.1 Å². The number of sulfone groups is 1. The minimum Gasteiger partial charge on any atom is -0.494 e. The van der Waals surface area contributed by atoms with Gasteiger partial charge in [-0.1, -0.05) is 11.2 Å². The molecule has 0 atom stereocenters. The molecule has 2 aromatic heterocycles. The number of benzene rings is 1. The van der Waals surface area contributed by atoms with Gasteiger partial charge < -0.3 is 24.6 Å². The van der Waals surface area contributed by atoms with Crippen molar-refractivity contribution < 1.29 is 32.0 Å². The van der Waals surface area contributed by atoms with Crippen LogP contribution in [0.4, 0.5) is 22.0 Å². The van der Waals surface area contributed by atoms with Gasteiger partial charge in [-0.15, -0.1) is 10.2 Å². The minimum atomic E-state index is -3.20. The number of aryl methyl sites for hydroxylation is 1. The molecule has 0 bridgehead atoms. The van der Waals surface area contributed by atoms with Gasteiger partial charge in [0.15, 0.2) is 17.3 Å². The number of carbonyl (C=O) groups is 2. The van der Waals surface area contributed by atoms with Crippen molar-refractivity contribution in [1.29, 1.82) is 0 Å². The molecule has 15 heteroatoms. The Kier molecular flexibility index (Phi) is 7.80. The number of methoxy groups -OCH3 is 2. The van der Waals surface area contributed by atoms with E-state index in [0.717, 1.165) is 6.26 Å². The number of nitrogens with one attached hydrogen (secondary N) is 3. The Morgan fingerprint density at radius 3 is 2.57 bits per heavy atom. The summed E-state index contributed by atoms with van der Waals surface area (Å²) in [7, 11) is 0.869. The fourth-order valence-electron chi connectivity index (χ4n) is 2.90. The van der Waals surface area contributed by atoms with Crippen molar-refractivity contribution in [3.8, 4) is 17.1 Å². The first-order chi connectivity index (χ1) is 16.6. The third-order valence-corrected chi connectivity index (χ3v) is 5.48. The maximum absolute atomic E-state index is 12.3. The van der Waals surface area contributed by atoms with Gasteiger partial charge in [-0.2, -0.15) is 4.98 Å². The van der Waals surface area contributed by atoms with Crippen LogP contribution >= 0.6 is 0 Å². The molecule has 0 aliphatic rings. The van der Waals surface area contributed by atoms with E-state index in [-0.39, 0.29) is 41.1 Å². The number of rotatable bonds is 9. The summed E-state index contributed by atoms with van der Waals surface area (Å²) in [5, 5.41) is 19.5.